The molecular formula is C12H16O. The quantitative estimate of drug-likeness (QED) is 0.684. The molecule has 1 aromatic rings. The Balaban J connectivity index is 3.02. The fourth-order valence-electron chi connectivity index (χ4n) is 1.39. The molecule has 0 aliphatic heterocycles. The number of benzene rings is 1. The molecule has 13 heavy (non-hydrogen) atoms. The Labute approximate surface area is 80.0 Å². The summed E-state index contributed by atoms with van der Waals surface area (Å²) < 4.78 is 5.17. The van der Waals surface area contributed by atoms with Crippen molar-refractivity contribution in [3.05, 3.63) is 35.9 Å². The van der Waals surface area contributed by atoms with Gasteiger partial charge in [0, 0.05) is 0 Å². The van der Waals surface area contributed by atoms with E-state index in [0.717, 1.165) is 18.6 Å². The third-order valence-electron chi connectivity index (χ3n) is 2.09. The smallest absolute Gasteiger partial charge is 0.119 e. The molecule has 0 radical (unpaired) electrons. The summed E-state index contributed by atoms with van der Waals surface area (Å²) in [5.74, 6) is 0.925. The molecule has 1 rings (SSSR count). The summed E-state index contributed by atoms with van der Waals surface area (Å²) in [4.78, 5) is 0. The van der Waals surface area contributed by atoms with Crippen LogP contribution >= 0.6 is 0 Å². The van der Waals surface area contributed by atoms with Crippen molar-refractivity contribution in [2.45, 2.75) is 19.8 Å². The Bertz CT molecular complexity index is 289. The van der Waals surface area contributed by atoms with E-state index in [1.165, 1.54) is 11.1 Å². The molecule has 0 N–H and O–H groups in total. The molecule has 0 atom stereocenters. The van der Waals surface area contributed by atoms with Crippen LogP contribution in [0.5, 0.6) is 5.75 Å². The van der Waals surface area contributed by atoms with E-state index in [4.69, 9.17) is 4.74 Å². The fourth-order valence-corrected chi connectivity index (χ4v) is 1.39. The van der Waals surface area contributed by atoms with Gasteiger partial charge in [-0.3, -0.25) is 0 Å². The van der Waals surface area contributed by atoms with Crippen LogP contribution in [-0.2, 0) is 6.42 Å². The number of hydrogen-bond donors (Lipinski definition) is 0. The van der Waals surface area contributed by atoms with E-state index in [0.29, 0.717) is 0 Å². The van der Waals surface area contributed by atoms with Gasteiger partial charge in [0.05, 0.1) is 7.11 Å². The van der Waals surface area contributed by atoms with Gasteiger partial charge >= 0.3 is 0 Å². The molecule has 1 nitrogen and oxygen atoms in total. The van der Waals surface area contributed by atoms with Crippen molar-refractivity contribution < 1.29 is 4.74 Å². The van der Waals surface area contributed by atoms with Gasteiger partial charge < -0.3 is 4.74 Å². The summed E-state index contributed by atoms with van der Waals surface area (Å²) >= 11 is 0. The second kappa shape index (κ2) is 4.70. The van der Waals surface area contributed by atoms with Crippen LogP contribution in [0.4, 0.5) is 0 Å². The first-order valence-corrected chi connectivity index (χ1v) is 4.61. The predicted octanol–water partition coefficient (Wildman–Crippen LogP) is 3.29. The monoisotopic (exact) mass is 176 g/mol. The number of rotatable bonds is 4. The molecule has 0 saturated heterocycles. The molecule has 0 aliphatic rings. The average Bonchev–Trinajstić information content (AvgIpc) is 2.18. The summed E-state index contributed by atoms with van der Waals surface area (Å²) in [5.41, 5.74) is 2.53. The third-order valence-corrected chi connectivity index (χ3v) is 2.09. The highest BCUT2D eigenvalue weighted by atomic mass is 16.5. The summed E-state index contributed by atoms with van der Waals surface area (Å²) in [6.07, 6.45) is 4.12. The highest BCUT2D eigenvalue weighted by Crippen LogP contribution is 2.19. The fraction of sp³-hybridized carbons (Fsp3) is 0.333. The maximum absolute atomic E-state index is 5.17. The summed E-state index contributed by atoms with van der Waals surface area (Å²) in [5, 5.41) is 0. The lowest BCUT2D eigenvalue weighted by Crippen LogP contribution is -1.90. The van der Waals surface area contributed by atoms with E-state index < -0.39 is 0 Å². The van der Waals surface area contributed by atoms with Crippen molar-refractivity contribution in [3.8, 4) is 5.75 Å². The van der Waals surface area contributed by atoms with Gasteiger partial charge in [0.25, 0.3) is 0 Å². The molecule has 0 bridgehead atoms. The standard InChI is InChI=1S/C12H16O/c1-4-6-11-9-12(13-3)8-7-10(11)5-2/h5,7-9H,2,4,6H2,1,3H3. The second-order valence-electron chi connectivity index (χ2n) is 3.02. The highest BCUT2D eigenvalue weighted by Gasteiger charge is 2.00. The molecule has 0 aliphatic carbocycles. The molecule has 0 heterocycles. The van der Waals surface area contributed by atoms with Crippen LogP contribution < -0.4 is 4.74 Å². The maximum Gasteiger partial charge on any atom is 0.119 e. The summed E-state index contributed by atoms with van der Waals surface area (Å²) in [6.45, 7) is 5.96. The van der Waals surface area contributed by atoms with Crippen molar-refractivity contribution in [3.63, 3.8) is 0 Å². The van der Waals surface area contributed by atoms with Gasteiger partial charge in [-0.15, -0.1) is 0 Å². The second-order valence-corrected chi connectivity index (χ2v) is 3.02. The van der Waals surface area contributed by atoms with E-state index in [2.05, 4.69) is 25.6 Å². The largest absolute Gasteiger partial charge is 0.497 e. The van der Waals surface area contributed by atoms with Gasteiger partial charge in [0.1, 0.15) is 5.75 Å². The van der Waals surface area contributed by atoms with Gasteiger partial charge in [-0.2, -0.15) is 0 Å². The van der Waals surface area contributed by atoms with Crippen LogP contribution in [0.1, 0.15) is 24.5 Å². The molecule has 0 unspecified atom stereocenters. The molecule has 1 aromatic carbocycles. The lowest BCUT2D eigenvalue weighted by Gasteiger charge is -2.07. The van der Waals surface area contributed by atoms with E-state index in [-0.39, 0.29) is 0 Å². The van der Waals surface area contributed by atoms with E-state index in [1.54, 1.807) is 7.11 Å². The first-order valence-electron chi connectivity index (χ1n) is 4.61. The Hall–Kier alpha value is -1.24. The van der Waals surface area contributed by atoms with Gasteiger partial charge in [0.15, 0.2) is 0 Å². The van der Waals surface area contributed by atoms with Crippen LogP contribution in [0, 0.1) is 0 Å². The Morgan fingerprint density at radius 1 is 1.46 bits per heavy atom. The minimum absolute atomic E-state index is 0.925. The Morgan fingerprint density at radius 2 is 2.23 bits per heavy atom. The molecule has 70 valence electrons. The van der Waals surface area contributed by atoms with Crippen LogP contribution in [0.25, 0.3) is 6.08 Å². The third kappa shape index (κ3) is 2.35. The molecule has 0 amide bonds. The van der Waals surface area contributed by atoms with Crippen molar-refractivity contribution in [2.24, 2.45) is 0 Å². The minimum Gasteiger partial charge on any atom is -0.497 e. The average molecular weight is 176 g/mol. The van der Waals surface area contributed by atoms with Crippen molar-refractivity contribution in [1.82, 2.24) is 0 Å². The molecule has 0 aromatic heterocycles. The summed E-state index contributed by atoms with van der Waals surface area (Å²) in [6, 6.07) is 6.10. The van der Waals surface area contributed by atoms with Crippen molar-refractivity contribution >= 4 is 6.08 Å². The zero-order valence-corrected chi connectivity index (χ0v) is 8.34. The Kier molecular flexibility index (Phi) is 3.56. The molecule has 0 spiro atoms. The zero-order chi connectivity index (χ0) is 9.68. The molecule has 0 fully saturated rings. The molecule has 0 saturated carbocycles. The zero-order valence-electron chi connectivity index (χ0n) is 8.34. The van der Waals surface area contributed by atoms with Gasteiger partial charge in [0.2, 0.25) is 0 Å². The molecular weight excluding hydrogens is 160 g/mol. The van der Waals surface area contributed by atoms with Crippen molar-refractivity contribution in [1.29, 1.82) is 0 Å². The normalized spacial score (nSPS) is 9.69. The van der Waals surface area contributed by atoms with Crippen LogP contribution in [0.2, 0.25) is 0 Å². The lowest BCUT2D eigenvalue weighted by atomic mass is 10.0. The predicted molar refractivity (Wildman–Crippen MR) is 57.1 cm³/mol. The summed E-state index contributed by atoms with van der Waals surface area (Å²) in [7, 11) is 1.69. The van der Waals surface area contributed by atoms with Gasteiger partial charge in [-0.05, 0) is 29.7 Å². The lowest BCUT2D eigenvalue weighted by molar-refractivity contribution is 0.414. The van der Waals surface area contributed by atoms with Crippen LogP contribution in [0.3, 0.4) is 0 Å². The first-order chi connectivity index (χ1) is 6.31. The van der Waals surface area contributed by atoms with E-state index >= 15 is 0 Å². The van der Waals surface area contributed by atoms with E-state index in [9.17, 15) is 0 Å². The number of methoxy groups -OCH3 is 1. The first kappa shape index (κ1) is 9.85. The number of aryl methyl sites for hydroxylation is 1. The van der Waals surface area contributed by atoms with E-state index in [1.807, 2.05) is 12.1 Å². The van der Waals surface area contributed by atoms with Crippen LogP contribution in [-0.4, -0.2) is 7.11 Å². The van der Waals surface area contributed by atoms with Crippen LogP contribution in [0.15, 0.2) is 24.8 Å². The topological polar surface area (TPSA) is 9.23 Å². The van der Waals surface area contributed by atoms with Gasteiger partial charge in [-0.25, -0.2) is 0 Å². The number of hydrogen-bond acceptors (Lipinski definition) is 1. The molecule has 1 heteroatoms. The number of ether oxygens (including phenoxy) is 1. The van der Waals surface area contributed by atoms with Crippen molar-refractivity contribution in [2.75, 3.05) is 7.11 Å². The SMILES string of the molecule is C=Cc1ccc(OC)cc1CCC. The highest BCUT2D eigenvalue weighted by molar-refractivity contribution is 5.54. The Morgan fingerprint density at radius 3 is 2.77 bits per heavy atom. The maximum atomic E-state index is 5.17. The van der Waals surface area contributed by atoms with Gasteiger partial charge in [-0.1, -0.05) is 32.1 Å². The minimum atomic E-state index is 0.925.